The second-order valence-corrected chi connectivity index (χ2v) is 4.59. The lowest BCUT2D eigenvalue weighted by Crippen LogP contribution is -2.28. The minimum Gasteiger partial charge on any atom is -0.389 e. The lowest BCUT2D eigenvalue weighted by Gasteiger charge is -2.14. The van der Waals surface area contributed by atoms with Crippen molar-refractivity contribution in [3.63, 3.8) is 0 Å². The third-order valence-corrected chi connectivity index (χ3v) is 3.11. The lowest BCUT2D eigenvalue weighted by atomic mass is 10.2. The summed E-state index contributed by atoms with van der Waals surface area (Å²) in [6, 6.07) is 3.89. The van der Waals surface area contributed by atoms with Crippen molar-refractivity contribution in [1.29, 1.82) is 0 Å². The normalized spacial score (nSPS) is 19.0. The van der Waals surface area contributed by atoms with Crippen LogP contribution in [0.2, 0.25) is 0 Å². The maximum Gasteiger partial charge on any atom is 0.278 e. The smallest absolute Gasteiger partial charge is 0.278 e. The maximum absolute atomic E-state index is 12.0. The molecule has 1 saturated heterocycles. The summed E-state index contributed by atoms with van der Waals surface area (Å²) in [7, 11) is 0. The van der Waals surface area contributed by atoms with Crippen LogP contribution in [0.4, 0.5) is 5.69 Å². The molecule has 1 aromatic rings. The maximum atomic E-state index is 12.0. The van der Waals surface area contributed by atoms with Crippen molar-refractivity contribution >= 4 is 27.5 Å². The van der Waals surface area contributed by atoms with Crippen LogP contribution in [0.15, 0.2) is 22.7 Å². The molecule has 18 heavy (non-hydrogen) atoms. The second kappa shape index (κ2) is 5.01. The van der Waals surface area contributed by atoms with E-state index in [1.165, 1.54) is 18.2 Å². The number of hydrogen-bond donors (Lipinski definition) is 1. The molecular weight excluding hydrogens is 308 g/mol. The summed E-state index contributed by atoms with van der Waals surface area (Å²) in [6.45, 7) is 0.0895. The zero-order chi connectivity index (χ0) is 13.3. The van der Waals surface area contributed by atoms with Gasteiger partial charge in [0.15, 0.2) is 0 Å². The van der Waals surface area contributed by atoms with Gasteiger partial charge in [0.25, 0.3) is 11.6 Å². The van der Waals surface area contributed by atoms with Crippen LogP contribution in [-0.4, -0.2) is 40.3 Å². The number of non-ortho nitro benzene ring substituents is 1. The van der Waals surface area contributed by atoms with E-state index >= 15 is 0 Å². The van der Waals surface area contributed by atoms with E-state index in [1.807, 2.05) is 0 Å². The van der Waals surface area contributed by atoms with Crippen molar-refractivity contribution in [2.75, 3.05) is 13.2 Å². The highest BCUT2D eigenvalue weighted by Gasteiger charge is 2.29. The summed E-state index contributed by atoms with van der Waals surface area (Å²) in [6.07, 6.45) is -0.730. The van der Waals surface area contributed by atoms with Gasteiger partial charge in [-0.2, -0.15) is 0 Å². The van der Waals surface area contributed by atoms with Crippen LogP contribution in [0, 0.1) is 10.1 Å². The Labute approximate surface area is 110 Å². The predicted molar refractivity (Wildman–Crippen MR) is 63.8 cm³/mol. The minimum atomic E-state index is -0.730. The largest absolute Gasteiger partial charge is 0.389 e. The van der Waals surface area contributed by atoms with Crippen molar-refractivity contribution in [3.8, 4) is 0 Å². The number of amides is 1. The van der Waals surface area contributed by atoms with Crippen LogP contribution in [0.1, 0.15) is 10.4 Å². The van der Waals surface area contributed by atoms with Gasteiger partial charge >= 0.3 is 0 Å². The van der Waals surface area contributed by atoms with Crippen molar-refractivity contribution in [2.24, 2.45) is 0 Å². The van der Waals surface area contributed by atoms with Gasteiger partial charge in [0, 0.05) is 16.6 Å². The minimum absolute atomic E-state index is 0.0400. The van der Waals surface area contributed by atoms with Crippen molar-refractivity contribution in [3.05, 3.63) is 38.3 Å². The van der Waals surface area contributed by atoms with E-state index < -0.39 is 16.9 Å². The van der Waals surface area contributed by atoms with Gasteiger partial charge in [-0.25, -0.2) is 5.06 Å². The first-order valence-electron chi connectivity index (χ1n) is 5.06. The molecule has 96 valence electrons. The van der Waals surface area contributed by atoms with Crippen LogP contribution >= 0.6 is 15.9 Å². The van der Waals surface area contributed by atoms with Gasteiger partial charge in [0.2, 0.25) is 0 Å². The zero-order valence-corrected chi connectivity index (χ0v) is 10.7. The monoisotopic (exact) mass is 316 g/mol. The Morgan fingerprint density at radius 2 is 2.33 bits per heavy atom. The fourth-order valence-corrected chi connectivity index (χ4v) is 1.96. The molecule has 0 radical (unpaired) electrons. The highest BCUT2D eigenvalue weighted by atomic mass is 79.9. The van der Waals surface area contributed by atoms with E-state index in [0.717, 1.165) is 5.06 Å². The Balaban J connectivity index is 2.29. The summed E-state index contributed by atoms with van der Waals surface area (Å²) >= 11 is 3.15. The van der Waals surface area contributed by atoms with Crippen LogP contribution in [0.5, 0.6) is 0 Å². The Morgan fingerprint density at radius 3 is 2.89 bits per heavy atom. The molecule has 1 atom stereocenters. The van der Waals surface area contributed by atoms with Gasteiger partial charge in [-0.15, -0.1) is 0 Å². The van der Waals surface area contributed by atoms with Crippen LogP contribution < -0.4 is 0 Å². The molecule has 1 amide bonds. The van der Waals surface area contributed by atoms with Gasteiger partial charge in [-0.1, -0.05) is 0 Å². The number of carbonyl (C=O) groups is 1. The average Bonchev–Trinajstić information content (AvgIpc) is 2.75. The number of hydrogen-bond acceptors (Lipinski definition) is 5. The zero-order valence-electron chi connectivity index (χ0n) is 9.08. The first-order valence-corrected chi connectivity index (χ1v) is 5.85. The van der Waals surface area contributed by atoms with E-state index in [4.69, 9.17) is 4.84 Å². The fraction of sp³-hybridized carbons (Fsp3) is 0.300. The van der Waals surface area contributed by atoms with Crippen LogP contribution in [0.25, 0.3) is 0 Å². The molecule has 0 aromatic heterocycles. The highest BCUT2D eigenvalue weighted by Crippen LogP contribution is 2.24. The molecule has 0 saturated carbocycles. The quantitative estimate of drug-likeness (QED) is 0.651. The van der Waals surface area contributed by atoms with Gasteiger partial charge in [0.1, 0.15) is 12.7 Å². The molecule has 8 heteroatoms. The Morgan fingerprint density at radius 1 is 1.61 bits per heavy atom. The Bertz CT molecular complexity index is 507. The number of aliphatic hydroxyl groups excluding tert-OH is 1. The molecule has 1 aromatic carbocycles. The molecule has 1 aliphatic heterocycles. The number of rotatable bonds is 2. The number of β-amino-alcohol motifs (C(OH)–C–C–N with tert-alkyl or cyclic N) is 1. The molecule has 2 rings (SSSR count). The summed E-state index contributed by atoms with van der Waals surface area (Å²) in [5, 5.41) is 20.9. The fourth-order valence-electron chi connectivity index (χ4n) is 1.54. The molecule has 0 aliphatic carbocycles. The van der Waals surface area contributed by atoms with Gasteiger partial charge in [0.05, 0.1) is 17.0 Å². The van der Waals surface area contributed by atoms with Gasteiger partial charge in [-0.3, -0.25) is 19.7 Å². The third-order valence-electron chi connectivity index (χ3n) is 2.42. The number of aliphatic hydroxyl groups is 1. The molecule has 0 bridgehead atoms. The first kappa shape index (κ1) is 12.9. The number of nitro groups is 1. The molecule has 1 aliphatic rings. The standard InChI is InChI=1S/C10H9BrN2O5/c11-9-2-1-6(13(16)17)3-8(9)10(15)12-4-7(14)5-18-12/h1-3,7,14H,4-5H2/t7-/m1/s1. The predicted octanol–water partition coefficient (Wildman–Crippen LogP) is 1.11. The topological polar surface area (TPSA) is 92.9 Å². The molecule has 7 nitrogen and oxygen atoms in total. The summed E-state index contributed by atoms with van der Waals surface area (Å²) < 4.78 is 0.433. The van der Waals surface area contributed by atoms with Gasteiger partial charge in [-0.05, 0) is 22.0 Å². The Hall–Kier alpha value is -1.51. The SMILES string of the molecule is O=C(c1cc([N+](=O)[O-])ccc1Br)N1C[C@@H](O)CO1. The molecular formula is C10H9BrN2O5. The number of benzene rings is 1. The summed E-state index contributed by atoms with van der Waals surface area (Å²) in [5.41, 5.74) is -0.0559. The van der Waals surface area contributed by atoms with Gasteiger partial charge < -0.3 is 5.11 Å². The Kier molecular flexibility index (Phi) is 3.60. The third kappa shape index (κ3) is 2.50. The number of carbonyl (C=O) groups excluding carboxylic acids is 1. The average molecular weight is 317 g/mol. The van der Waals surface area contributed by atoms with E-state index in [-0.39, 0.29) is 24.4 Å². The molecule has 1 N–H and O–H groups in total. The molecule has 0 spiro atoms. The van der Waals surface area contributed by atoms with Crippen molar-refractivity contribution in [2.45, 2.75) is 6.10 Å². The van der Waals surface area contributed by atoms with E-state index in [0.29, 0.717) is 4.47 Å². The molecule has 1 fully saturated rings. The van der Waals surface area contributed by atoms with E-state index in [2.05, 4.69) is 15.9 Å². The van der Waals surface area contributed by atoms with E-state index in [9.17, 15) is 20.0 Å². The molecule has 0 unspecified atom stereocenters. The number of hydroxylamine groups is 2. The highest BCUT2D eigenvalue weighted by molar-refractivity contribution is 9.10. The molecule has 1 heterocycles. The van der Waals surface area contributed by atoms with Crippen molar-refractivity contribution in [1.82, 2.24) is 5.06 Å². The number of nitrogens with zero attached hydrogens (tertiary/aromatic N) is 2. The summed E-state index contributed by atoms with van der Waals surface area (Å²) in [4.78, 5) is 27.1. The lowest BCUT2D eigenvalue weighted by molar-refractivity contribution is -0.384. The van der Waals surface area contributed by atoms with Crippen LogP contribution in [-0.2, 0) is 4.84 Å². The summed E-state index contributed by atoms with van der Waals surface area (Å²) in [5.74, 6) is -0.526. The number of halogens is 1. The van der Waals surface area contributed by atoms with Crippen molar-refractivity contribution < 1.29 is 19.7 Å². The first-order chi connectivity index (χ1) is 8.49. The number of nitro benzene ring substituents is 1. The van der Waals surface area contributed by atoms with Crippen LogP contribution in [0.3, 0.4) is 0 Å². The van der Waals surface area contributed by atoms with E-state index in [1.54, 1.807) is 0 Å². The second-order valence-electron chi connectivity index (χ2n) is 3.74.